The van der Waals surface area contributed by atoms with Gasteiger partial charge in [0.2, 0.25) is 35.4 Å². The summed E-state index contributed by atoms with van der Waals surface area (Å²) in [4.78, 5) is 78.2. The molecule has 0 spiro atoms. The Kier molecular flexibility index (Phi) is 16.4. The maximum Gasteiger partial charge on any atom is 0.245 e. The molecule has 45 heavy (non-hydrogen) atoms. The van der Waals surface area contributed by atoms with Crippen LogP contribution in [0.15, 0.2) is 0 Å². The van der Waals surface area contributed by atoms with Crippen molar-refractivity contribution in [2.75, 3.05) is 7.05 Å². The van der Waals surface area contributed by atoms with Gasteiger partial charge < -0.3 is 47.8 Å². The Labute approximate surface area is 266 Å². The van der Waals surface area contributed by atoms with E-state index >= 15 is 0 Å². The Balaban J connectivity index is 3.14. The summed E-state index contributed by atoms with van der Waals surface area (Å²) in [5, 5.41) is 30.4. The molecule has 1 fully saturated rings. The molecule has 0 aromatic rings. The van der Waals surface area contributed by atoms with Crippen LogP contribution in [0.25, 0.3) is 0 Å². The number of aliphatic hydroxyl groups is 2. The summed E-state index contributed by atoms with van der Waals surface area (Å²) in [6, 6.07) is -7.04. The lowest BCUT2D eigenvalue weighted by molar-refractivity contribution is -0.141. The SMILES string of the molecule is CC(C)C[C@H](N)C(=O)N(C)[C@@H](C)C(=O)N[C@@H](CC1CCCCC1)C(=O)N[C@H](C(=O)N[C@H](C(=O)N[C@@H](C)C(N)=O)[C@@H](C)O)[C@@H](C)O. The molecule has 1 rings (SSSR count). The molecule has 10 N–H and O–H groups in total. The minimum atomic E-state index is -1.57. The van der Waals surface area contributed by atoms with E-state index in [1.54, 1.807) is 0 Å². The van der Waals surface area contributed by atoms with Crippen LogP contribution in [0.5, 0.6) is 0 Å². The van der Waals surface area contributed by atoms with Crippen LogP contribution in [0.3, 0.4) is 0 Å². The topological polar surface area (TPSA) is 246 Å². The Bertz CT molecular complexity index is 1030. The van der Waals surface area contributed by atoms with Gasteiger partial charge in [0, 0.05) is 7.05 Å². The molecule has 0 aromatic carbocycles. The lowest BCUT2D eigenvalue weighted by Crippen LogP contribution is -2.62. The monoisotopic (exact) mass is 641 g/mol. The number of carbonyl (C=O) groups is 6. The third-order valence-corrected chi connectivity index (χ3v) is 8.19. The van der Waals surface area contributed by atoms with Crippen molar-refractivity contribution in [1.82, 2.24) is 26.2 Å². The molecule has 15 nitrogen and oxygen atoms in total. The van der Waals surface area contributed by atoms with E-state index in [-0.39, 0.29) is 18.3 Å². The van der Waals surface area contributed by atoms with E-state index in [4.69, 9.17) is 11.5 Å². The summed E-state index contributed by atoms with van der Waals surface area (Å²) in [5.74, 6) is -4.16. The van der Waals surface area contributed by atoms with Gasteiger partial charge in [-0.25, -0.2) is 0 Å². The van der Waals surface area contributed by atoms with Crippen LogP contribution in [0.2, 0.25) is 0 Å². The van der Waals surface area contributed by atoms with Crippen molar-refractivity contribution in [1.29, 1.82) is 0 Å². The molecular weight excluding hydrogens is 586 g/mol. The van der Waals surface area contributed by atoms with Crippen molar-refractivity contribution in [3.63, 3.8) is 0 Å². The summed E-state index contributed by atoms with van der Waals surface area (Å²) >= 11 is 0. The number of primary amides is 1. The lowest BCUT2D eigenvalue weighted by atomic mass is 9.84. The van der Waals surface area contributed by atoms with Gasteiger partial charge in [-0.3, -0.25) is 28.8 Å². The van der Waals surface area contributed by atoms with Crippen LogP contribution < -0.4 is 32.7 Å². The van der Waals surface area contributed by atoms with Crippen molar-refractivity contribution in [3.8, 4) is 0 Å². The first-order valence-electron chi connectivity index (χ1n) is 15.8. The molecule has 15 heteroatoms. The largest absolute Gasteiger partial charge is 0.391 e. The molecule has 0 aliphatic heterocycles. The minimum Gasteiger partial charge on any atom is -0.391 e. The number of nitrogens with two attached hydrogens (primary N) is 2. The quantitative estimate of drug-likeness (QED) is 0.0908. The predicted molar refractivity (Wildman–Crippen MR) is 167 cm³/mol. The van der Waals surface area contributed by atoms with Crippen molar-refractivity contribution >= 4 is 35.4 Å². The molecule has 0 bridgehead atoms. The number of hydrogen-bond acceptors (Lipinski definition) is 9. The molecule has 1 aliphatic carbocycles. The van der Waals surface area contributed by atoms with Crippen molar-refractivity contribution in [2.24, 2.45) is 23.3 Å². The third-order valence-electron chi connectivity index (χ3n) is 8.19. The predicted octanol–water partition coefficient (Wildman–Crippen LogP) is -1.62. The zero-order chi connectivity index (χ0) is 34.6. The van der Waals surface area contributed by atoms with E-state index in [2.05, 4.69) is 21.3 Å². The number of rotatable bonds is 17. The zero-order valence-corrected chi connectivity index (χ0v) is 27.7. The summed E-state index contributed by atoms with van der Waals surface area (Å²) in [5.41, 5.74) is 11.2. The summed E-state index contributed by atoms with van der Waals surface area (Å²) in [6.07, 6.45) is 2.59. The van der Waals surface area contributed by atoms with E-state index in [0.717, 1.165) is 32.1 Å². The Hall–Kier alpha value is -3.30. The zero-order valence-electron chi connectivity index (χ0n) is 27.7. The first-order chi connectivity index (χ1) is 20.9. The fourth-order valence-corrected chi connectivity index (χ4v) is 5.20. The molecule has 1 saturated carbocycles. The molecule has 0 heterocycles. The number of likely N-dealkylation sites (N-methyl/N-ethyl adjacent to an activating group) is 1. The third kappa shape index (κ3) is 12.9. The van der Waals surface area contributed by atoms with Crippen LogP contribution in [0.4, 0.5) is 0 Å². The van der Waals surface area contributed by atoms with Gasteiger partial charge in [0.1, 0.15) is 30.2 Å². The summed E-state index contributed by atoms with van der Waals surface area (Å²) in [7, 11) is 1.47. The minimum absolute atomic E-state index is 0.123. The van der Waals surface area contributed by atoms with E-state index in [0.29, 0.717) is 6.42 Å². The maximum absolute atomic E-state index is 13.6. The number of nitrogens with zero attached hydrogens (tertiary/aromatic N) is 1. The highest BCUT2D eigenvalue weighted by Gasteiger charge is 2.36. The second-order valence-corrected chi connectivity index (χ2v) is 12.7. The van der Waals surface area contributed by atoms with Crippen molar-refractivity contribution in [3.05, 3.63) is 0 Å². The van der Waals surface area contributed by atoms with Gasteiger partial charge in [0.15, 0.2) is 0 Å². The summed E-state index contributed by atoms with van der Waals surface area (Å²) < 4.78 is 0. The molecule has 0 unspecified atom stereocenters. The van der Waals surface area contributed by atoms with Crippen LogP contribution >= 0.6 is 0 Å². The van der Waals surface area contributed by atoms with E-state index in [1.165, 1.54) is 39.6 Å². The van der Waals surface area contributed by atoms with Crippen LogP contribution in [-0.2, 0) is 28.8 Å². The Morgan fingerprint density at radius 1 is 0.756 bits per heavy atom. The van der Waals surface area contributed by atoms with Gasteiger partial charge in [-0.1, -0.05) is 46.0 Å². The van der Waals surface area contributed by atoms with Gasteiger partial charge >= 0.3 is 0 Å². The Morgan fingerprint density at radius 2 is 1.24 bits per heavy atom. The second kappa shape index (κ2) is 18.6. The highest BCUT2D eigenvalue weighted by atomic mass is 16.3. The number of hydrogen-bond donors (Lipinski definition) is 8. The Morgan fingerprint density at radius 3 is 1.71 bits per heavy atom. The summed E-state index contributed by atoms with van der Waals surface area (Å²) in [6.45, 7) is 9.22. The molecular formula is C30H55N7O8. The lowest BCUT2D eigenvalue weighted by Gasteiger charge is -2.32. The van der Waals surface area contributed by atoms with Gasteiger partial charge in [0.25, 0.3) is 0 Å². The van der Waals surface area contributed by atoms with Crippen LogP contribution in [0.1, 0.15) is 86.5 Å². The first kappa shape index (κ1) is 39.7. The van der Waals surface area contributed by atoms with Gasteiger partial charge in [0.05, 0.1) is 18.2 Å². The second-order valence-electron chi connectivity index (χ2n) is 12.7. The van der Waals surface area contributed by atoms with E-state index in [1.807, 2.05) is 13.8 Å². The number of nitrogens with one attached hydrogen (secondary N) is 4. The molecule has 1 aliphatic rings. The smallest absolute Gasteiger partial charge is 0.245 e. The normalized spacial score (nSPS) is 19.1. The molecule has 6 amide bonds. The molecule has 0 saturated heterocycles. The standard InChI is InChI=1S/C30H55N7O8/c1-15(2)13-21(31)30(45)37(7)17(4)26(41)34-22(14-20-11-9-8-10-12-20)27(42)35-24(19(6)39)29(44)36-23(18(5)38)28(43)33-16(3)25(32)40/h15-24,38-39H,8-14,31H2,1-7H3,(H2,32,40)(H,33,43)(H,34,41)(H,35,42)(H,36,44)/t16-,17-,18+,19+,21-,22-,23-,24-/m0/s1. The average Bonchev–Trinajstić information content (AvgIpc) is 2.96. The number of aliphatic hydroxyl groups excluding tert-OH is 2. The van der Waals surface area contributed by atoms with E-state index < -0.39 is 83.9 Å². The fourth-order valence-electron chi connectivity index (χ4n) is 5.20. The maximum atomic E-state index is 13.6. The molecule has 0 radical (unpaired) electrons. The first-order valence-corrected chi connectivity index (χ1v) is 15.8. The molecule has 8 atom stereocenters. The van der Waals surface area contributed by atoms with Crippen molar-refractivity contribution < 1.29 is 39.0 Å². The highest BCUT2D eigenvalue weighted by molar-refractivity contribution is 5.96. The van der Waals surface area contributed by atoms with Crippen molar-refractivity contribution in [2.45, 2.75) is 135 Å². The fraction of sp³-hybridized carbons (Fsp3) is 0.800. The van der Waals surface area contributed by atoms with Gasteiger partial charge in [-0.05, 0) is 52.4 Å². The molecule has 0 aromatic heterocycles. The van der Waals surface area contributed by atoms with Crippen LogP contribution in [0, 0.1) is 11.8 Å². The molecule has 258 valence electrons. The average molecular weight is 642 g/mol. The number of amides is 6. The van der Waals surface area contributed by atoms with Gasteiger partial charge in [-0.2, -0.15) is 0 Å². The van der Waals surface area contributed by atoms with E-state index in [9.17, 15) is 39.0 Å². The van der Waals surface area contributed by atoms with Gasteiger partial charge in [-0.15, -0.1) is 0 Å². The number of carbonyl (C=O) groups excluding carboxylic acids is 6. The van der Waals surface area contributed by atoms with Crippen LogP contribution in [-0.4, -0.2) is 106 Å². The highest BCUT2D eigenvalue weighted by Crippen LogP contribution is 2.27.